The van der Waals surface area contributed by atoms with Crippen LogP contribution in [0.15, 0.2) is 18.2 Å². The first-order valence-corrected chi connectivity index (χ1v) is 3.89. The maximum atomic E-state index is 10.8. The van der Waals surface area contributed by atoms with E-state index in [1.807, 2.05) is 6.92 Å². The Balaban J connectivity index is 2.79. The van der Waals surface area contributed by atoms with Gasteiger partial charge < -0.3 is 15.8 Å². The Morgan fingerprint density at radius 2 is 2.23 bits per heavy atom. The van der Waals surface area contributed by atoms with E-state index in [1.165, 1.54) is 7.05 Å². The molecule has 4 heteroatoms. The Morgan fingerprint density at radius 3 is 2.77 bits per heavy atom. The van der Waals surface area contributed by atoms with Crippen LogP contribution in [0.25, 0.3) is 0 Å². The number of benzene rings is 1. The number of rotatable bonds is 1. The van der Waals surface area contributed by atoms with Crippen LogP contribution in [0.2, 0.25) is 0 Å². The average molecular weight is 180 g/mol. The number of carbonyl (C=O) groups excluding carboxylic acids is 1. The van der Waals surface area contributed by atoms with E-state index >= 15 is 0 Å². The first-order valence-electron chi connectivity index (χ1n) is 3.89. The van der Waals surface area contributed by atoms with Crippen molar-refractivity contribution >= 4 is 11.8 Å². The van der Waals surface area contributed by atoms with Crippen LogP contribution in [-0.4, -0.2) is 13.1 Å². The van der Waals surface area contributed by atoms with E-state index in [4.69, 9.17) is 10.5 Å². The van der Waals surface area contributed by atoms with E-state index < -0.39 is 6.09 Å². The number of hydrogen-bond acceptors (Lipinski definition) is 3. The van der Waals surface area contributed by atoms with Crippen LogP contribution in [0.4, 0.5) is 10.5 Å². The van der Waals surface area contributed by atoms with E-state index in [0.717, 1.165) is 5.56 Å². The molecule has 0 aliphatic heterocycles. The third-order valence-corrected chi connectivity index (χ3v) is 1.66. The lowest BCUT2D eigenvalue weighted by atomic mass is 10.2. The Hall–Kier alpha value is -1.71. The highest BCUT2D eigenvalue weighted by molar-refractivity contribution is 5.70. The molecule has 0 fully saturated rings. The number of amides is 1. The number of nitrogen functional groups attached to an aromatic ring is 1. The molecular formula is C9H12N2O2. The van der Waals surface area contributed by atoms with Crippen molar-refractivity contribution in [2.75, 3.05) is 12.8 Å². The first-order chi connectivity index (χ1) is 6.13. The van der Waals surface area contributed by atoms with Gasteiger partial charge in [0.25, 0.3) is 0 Å². The third-order valence-electron chi connectivity index (χ3n) is 1.66. The number of anilines is 1. The second-order valence-electron chi connectivity index (χ2n) is 2.66. The van der Waals surface area contributed by atoms with Gasteiger partial charge in [0.2, 0.25) is 0 Å². The first kappa shape index (κ1) is 9.38. The number of carbonyl (C=O) groups is 1. The Labute approximate surface area is 76.7 Å². The molecule has 13 heavy (non-hydrogen) atoms. The van der Waals surface area contributed by atoms with Crippen molar-refractivity contribution in [2.45, 2.75) is 6.92 Å². The summed E-state index contributed by atoms with van der Waals surface area (Å²) in [4.78, 5) is 10.8. The van der Waals surface area contributed by atoms with Gasteiger partial charge in [0.15, 0.2) is 0 Å². The molecule has 0 saturated heterocycles. The topological polar surface area (TPSA) is 64.3 Å². The maximum Gasteiger partial charge on any atom is 0.412 e. The summed E-state index contributed by atoms with van der Waals surface area (Å²) in [6.45, 7) is 1.85. The molecule has 0 aliphatic rings. The van der Waals surface area contributed by atoms with Crippen molar-refractivity contribution < 1.29 is 9.53 Å². The van der Waals surface area contributed by atoms with Gasteiger partial charge in [-0.15, -0.1) is 0 Å². The van der Waals surface area contributed by atoms with Gasteiger partial charge in [-0.1, -0.05) is 0 Å². The van der Waals surface area contributed by atoms with Gasteiger partial charge in [0.05, 0.1) is 0 Å². The highest BCUT2D eigenvalue weighted by Crippen LogP contribution is 2.18. The molecule has 0 spiro atoms. The lowest BCUT2D eigenvalue weighted by molar-refractivity contribution is 0.203. The monoisotopic (exact) mass is 180 g/mol. The van der Waals surface area contributed by atoms with Crippen LogP contribution in [0.1, 0.15) is 5.56 Å². The lowest BCUT2D eigenvalue weighted by Crippen LogP contribution is -2.22. The highest BCUT2D eigenvalue weighted by Gasteiger charge is 2.02. The van der Waals surface area contributed by atoms with Crippen LogP contribution in [0.5, 0.6) is 5.75 Å². The summed E-state index contributed by atoms with van der Waals surface area (Å²) in [6, 6.07) is 5.07. The lowest BCUT2D eigenvalue weighted by Gasteiger charge is -2.05. The van der Waals surface area contributed by atoms with Crippen LogP contribution in [-0.2, 0) is 0 Å². The molecule has 0 radical (unpaired) electrons. The fourth-order valence-corrected chi connectivity index (χ4v) is 0.870. The summed E-state index contributed by atoms with van der Waals surface area (Å²) in [5, 5.41) is 2.36. The van der Waals surface area contributed by atoms with Crippen molar-refractivity contribution in [1.29, 1.82) is 0 Å². The van der Waals surface area contributed by atoms with Crippen LogP contribution < -0.4 is 15.8 Å². The van der Waals surface area contributed by atoms with Gasteiger partial charge in [0.1, 0.15) is 5.75 Å². The number of aryl methyl sites for hydroxylation is 1. The molecule has 70 valence electrons. The molecule has 0 saturated carbocycles. The van der Waals surface area contributed by atoms with Gasteiger partial charge in [-0.25, -0.2) is 4.79 Å². The zero-order valence-corrected chi connectivity index (χ0v) is 7.63. The summed E-state index contributed by atoms with van der Waals surface area (Å²) in [7, 11) is 1.51. The number of ether oxygens (including phenoxy) is 1. The number of nitrogens with two attached hydrogens (primary N) is 1. The fourth-order valence-electron chi connectivity index (χ4n) is 0.870. The smallest absolute Gasteiger partial charge is 0.410 e. The van der Waals surface area contributed by atoms with E-state index in [-0.39, 0.29) is 0 Å². The second kappa shape index (κ2) is 3.80. The zero-order valence-electron chi connectivity index (χ0n) is 7.63. The van der Waals surface area contributed by atoms with Crippen molar-refractivity contribution in [2.24, 2.45) is 0 Å². The minimum absolute atomic E-state index is 0.482. The predicted molar refractivity (Wildman–Crippen MR) is 50.7 cm³/mol. The minimum atomic E-state index is -0.482. The standard InChI is InChI=1S/C9H12N2O2/c1-6-5-7(3-4-8(6)10)13-9(12)11-2/h3-5H,10H2,1-2H3,(H,11,12). The van der Waals surface area contributed by atoms with Crippen LogP contribution in [0.3, 0.4) is 0 Å². The molecular weight excluding hydrogens is 168 g/mol. The maximum absolute atomic E-state index is 10.8. The van der Waals surface area contributed by atoms with Gasteiger partial charge in [0, 0.05) is 12.7 Å². The van der Waals surface area contributed by atoms with E-state index in [1.54, 1.807) is 18.2 Å². The minimum Gasteiger partial charge on any atom is -0.410 e. The van der Waals surface area contributed by atoms with Gasteiger partial charge in [-0.05, 0) is 30.7 Å². The van der Waals surface area contributed by atoms with Crippen molar-refractivity contribution in [3.05, 3.63) is 23.8 Å². The molecule has 0 heterocycles. The van der Waals surface area contributed by atoms with Crippen LogP contribution >= 0.6 is 0 Å². The molecule has 0 aromatic heterocycles. The van der Waals surface area contributed by atoms with E-state index in [0.29, 0.717) is 11.4 Å². The van der Waals surface area contributed by atoms with E-state index in [2.05, 4.69) is 5.32 Å². The molecule has 0 unspecified atom stereocenters. The second-order valence-corrected chi connectivity index (χ2v) is 2.66. The Kier molecular flexibility index (Phi) is 2.74. The molecule has 0 atom stereocenters. The summed E-state index contributed by atoms with van der Waals surface area (Å²) < 4.78 is 4.89. The SMILES string of the molecule is CNC(=O)Oc1ccc(N)c(C)c1. The van der Waals surface area contributed by atoms with Gasteiger partial charge >= 0.3 is 6.09 Å². The molecule has 4 nitrogen and oxygen atoms in total. The van der Waals surface area contributed by atoms with Crippen molar-refractivity contribution in [1.82, 2.24) is 5.32 Å². The molecule has 1 aromatic rings. The summed E-state index contributed by atoms with van der Waals surface area (Å²) in [5.41, 5.74) is 7.17. The number of nitrogens with one attached hydrogen (secondary N) is 1. The van der Waals surface area contributed by atoms with Crippen LogP contribution in [0, 0.1) is 6.92 Å². The Morgan fingerprint density at radius 1 is 1.54 bits per heavy atom. The third kappa shape index (κ3) is 2.37. The zero-order chi connectivity index (χ0) is 9.84. The predicted octanol–water partition coefficient (Wildman–Crippen LogP) is 1.30. The molecule has 3 N–H and O–H groups in total. The van der Waals surface area contributed by atoms with Gasteiger partial charge in [-0.2, -0.15) is 0 Å². The van der Waals surface area contributed by atoms with Crippen molar-refractivity contribution in [3.63, 3.8) is 0 Å². The summed E-state index contributed by atoms with van der Waals surface area (Å²) in [5.74, 6) is 0.492. The largest absolute Gasteiger partial charge is 0.412 e. The fraction of sp³-hybridized carbons (Fsp3) is 0.222. The van der Waals surface area contributed by atoms with E-state index in [9.17, 15) is 4.79 Å². The summed E-state index contributed by atoms with van der Waals surface area (Å²) in [6.07, 6.45) is -0.482. The normalized spacial score (nSPS) is 9.38. The Bertz CT molecular complexity index is 323. The molecule has 1 rings (SSSR count). The summed E-state index contributed by atoms with van der Waals surface area (Å²) >= 11 is 0. The quantitative estimate of drug-likeness (QED) is 0.640. The molecule has 1 aromatic carbocycles. The molecule has 0 aliphatic carbocycles. The van der Waals surface area contributed by atoms with Gasteiger partial charge in [-0.3, -0.25) is 0 Å². The number of hydrogen-bond donors (Lipinski definition) is 2. The molecule has 0 bridgehead atoms. The molecule has 1 amide bonds. The van der Waals surface area contributed by atoms with Crippen molar-refractivity contribution in [3.8, 4) is 5.75 Å². The average Bonchev–Trinajstić information content (AvgIpc) is 2.11. The highest BCUT2D eigenvalue weighted by atomic mass is 16.5.